The lowest BCUT2D eigenvalue weighted by atomic mass is 9.92. The van der Waals surface area contributed by atoms with Gasteiger partial charge in [0.15, 0.2) is 5.84 Å². The molecule has 2 rings (SSSR count). The molecule has 0 bridgehead atoms. The normalized spacial score (nSPS) is 19.1. The van der Waals surface area contributed by atoms with E-state index in [0.717, 1.165) is 31.6 Å². The summed E-state index contributed by atoms with van der Waals surface area (Å²) in [7, 11) is 0. The molecule has 0 spiro atoms. The summed E-state index contributed by atoms with van der Waals surface area (Å²) in [5, 5.41) is 21.7. The van der Waals surface area contributed by atoms with Crippen molar-refractivity contribution >= 4 is 23.1 Å². The molecule has 1 saturated heterocycles. The number of anilines is 1. The Hall–Kier alpha value is -1.46. The molecule has 110 valence electrons. The van der Waals surface area contributed by atoms with Crippen LogP contribution in [0.3, 0.4) is 0 Å². The largest absolute Gasteiger partial charge is 0.409 e. The van der Waals surface area contributed by atoms with Gasteiger partial charge in [0.2, 0.25) is 0 Å². The summed E-state index contributed by atoms with van der Waals surface area (Å²) >= 11 is 6.16. The van der Waals surface area contributed by atoms with E-state index in [1.807, 2.05) is 19.1 Å². The van der Waals surface area contributed by atoms with Crippen molar-refractivity contribution in [3.05, 3.63) is 28.8 Å². The Morgan fingerprint density at radius 3 is 2.60 bits per heavy atom. The van der Waals surface area contributed by atoms with Crippen LogP contribution in [0.15, 0.2) is 23.4 Å². The number of nitrogens with zero attached hydrogens (tertiary/aromatic N) is 2. The molecule has 5 nitrogen and oxygen atoms in total. The third kappa shape index (κ3) is 3.16. The van der Waals surface area contributed by atoms with Crippen molar-refractivity contribution in [1.29, 1.82) is 0 Å². The number of oxime groups is 1. The molecule has 0 radical (unpaired) electrons. The number of halogens is 1. The number of nitrogens with two attached hydrogens (primary N) is 1. The number of piperidine rings is 1. The topological polar surface area (TPSA) is 82.1 Å². The van der Waals surface area contributed by atoms with Crippen molar-refractivity contribution in [3.63, 3.8) is 0 Å². The average Bonchev–Trinajstić information content (AvgIpc) is 2.46. The second kappa shape index (κ2) is 6.33. The van der Waals surface area contributed by atoms with Crippen LogP contribution in [0.4, 0.5) is 5.69 Å². The minimum Gasteiger partial charge on any atom is -0.409 e. The van der Waals surface area contributed by atoms with Gasteiger partial charge in [-0.1, -0.05) is 16.8 Å². The van der Waals surface area contributed by atoms with Gasteiger partial charge >= 0.3 is 0 Å². The molecule has 0 amide bonds. The first-order valence-electron chi connectivity index (χ1n) is 6.73. The Labute approximate surface area is 123 Å². The van der Waals surface area contributed by atoms with Crippen molar-refractivity contribution in [2.24, 2.45) is 16.8 Å². The van der Waals surface area contributed by atoms with E-state index >= 15 is 0 Å². The zero-order chi connectivity index (χ0) is 14.7. The van der Waals surface area contributed by atoms with Gasteiger partial charge in [0.05, 0.1) is 11.1 Å². The molecule has 1 atom stereocenters. The lowest BCUT2D eigenvalue weighted by molar-refractivity contribution is 0.110. The fourth-order valence-electron chi connectivity index (χ4n) is 2.60. The van der Waals surface area contributed by atoms with Crippen LogP contribution in [0, 0.1) is 5.92 Å². The van der Waals surface area contributed by atoms with Crippen LogP contribution in [0.1, 0.15) is 25.3 Å². The van der Waals surface area contributed by atoms with Gasteiger partial charge in [-0.2, -0.15) is 0 Å². The maximum atomic E-state index is 9.61. The predicted molar refractivity (Wildman–Crippen MR) is 80.6 cm³/mol. The smallest absolute Gasteiger partial charge is 0.171 e. The summed E-state index contributed by atoms with van der Waals surface area (Å²) in [5.74, 6) is 0.382. The molecule has 1 fully saturated rings. The Morgan fingerprint density at radius 1 is 1.45 bits per heavy atom. The van der Waals surface area contributed by atoms with Crippen LogP contribution in [-0.2, 0) is 0 Å². The van der Waals surface area contributed by atoms with Crippen molar-refractivity contribution in [1.82, 2.24) is 0 Å². The van der Waals surface area contributed by atoms with Gasteiger partial charge in [-0.05, 0) is 43.9 Å². The molecule has 1 unspecified atom stereocenters. The molecular formula is C14H20ClN3O2. The van der Waals surface area contributed by atoms with E-state index in [4.69, 9.17) is 22.5 Å². The van der Waals surface area contributed by atoms with E-state index in [0.29, 0.717) is 16.5 Å². The van der Waals surface area contributed by atoms with Gasteiger partial charge in [0.1, 0.15) is 0 Å². The zero-order valence-corrected chi connectivity index (χ0v) is 12.2. The van der Waals surface area contributed by atoms with Crippen LogP contribution in [-0.4, -0.2) is 35.3 Å². The third-order valence-corrected chi connectivity index (χ3v) is 4.24. The number of aliphatic hydroxyl groups excluding tert-OH is 1. The summed E-state index contributed by atoms with van der Waals surface area (Å²) in [5.41, 5.74) is 7.10. The highest BCUT2D eigenvalue weighted by atomic mass is 35.5. The molecule has 1 aromatic carbocycles. The standard InChI is InChI=1S/C14H20ClN3O2/c1-9(19)10-4-6-18(7-5-10)11-2-3-12(13(15)8-11)14(16)17-20/h2-3,8-10,19-20H,4-7H2,1H3,(H2,16,17). The van der Waals surface area contributed by atoms with Crippen molar-refractivity contribution in [2.45, 2.75) is 25.9 Å². The summed E-state index contributed by atoms with van der Waals surface area (Å²) in [4.78, 5) is 2.24. The van der Waals surface area contributed by atoms with Gasteiger partial charge in [0, 0.05) is 24.3 Å². The Balaban J connectivity index is 2.10. The highest BCUT2D eigenvalue weighted by Crippen LogP contribution is 2.28. The number of hydrogen-bond acceptors (Lipinski definition) is 4. The van der Waals surface area contributed by atoms with Crippen LogP contribution >= 0.6 is 11.6 Å². The van der Waals surface area contributed by atoms with Crippen LogP contribution in [0.2, 0.25) is 5.02 Å². The molecule has 1 aliphatic heterocycles. The van der Waals surface area contributed by atoms with E-state index in [2.05, 4.69) is 10.1 Å². The first kappa shape index (κ1) is 14.9. The lowest BCUT2D eigenvalue weighted by Crippen LogP contribution is -2.37. The maximum absolute atomic E-state index is 9.61. The first-order valence-corrected chi connectivity index (χ1v) is 7.11. The molecule has 6 heteroatoms. The van der Waals surface area contributed by atoms with Crippen molar-refractivity contribution in [3.8, 4) is 0 Å². The van der Waals surface area contributed by atoms with E-state index < -0.39 is 0 Å². The van der Waals surface area contributed by atoms with Crippen LogP contribution in [0.25, 0.3) is 0 Å². The van der Waals surface area contributed by atoms with Gasteiger partial charge in [0.25, 0.3) is 0 Å². The Morgan fingerprint density at radius 2 is 2.10 bits per heavy atom. The van der Waals surface area contributed by atoms with Crippen LogP contribution < -0.4 is 10.6 Å². The number of hydrogen-bond donors (Lipinski definition) is 3. The van der Waals surface area contributed by atoms with Gasteiger partial charge < -0.3 is 20.9 Å². The van der Waals surface area contributed by atoms with Crippen molar-refractivity contribution < 1.29 is 10.3 Å². The summed E-state index contributed by atoms with van der Waals surface area (Å²) in [6, 6.07) is 5.51. The molecule has 1 aliphatic rings. The van der Waals surface area contributed by atoms with Crippen LogP contribution in [0.5, 0.6) is 0 Å². The second-order valence-corrected chi connectivity index (χ2v) is 5.62. The summed E-state index contributed by atoms with van der Waals surface area (Å²) in [6.45, 7) is 3.65. The number of aliphatic hydroxyl groups is 1. The van der Waals surface area contributed by atoms with E-state index in [-0.39, 0.29) is 11.9 Å². The SMILES string of the molecule is CC(O)C1CCN(c2ccc(/C(N)=N/O)c(Cl)c2)CC1. The molecule has 1 heterocycles. The summed E-state index contributed by atoms with van der Waals surface area (Å²) in [6.07, 6.45) is 1.69. The molecule has 4 N–H and O–H groups in total. The van der Waals surface area contributed by atoms with Gasteiger partial charge in [-0.25, -0.2) is 0 Å². The van der Waals surface area contributed by atoms with E-state index in [9.17, 15) is 5.11 Å². The predicted octanol–water partition coefficient (Wildman–Crippen LogP) is 2.03. The lowest BCUT2D eigenvalue weighted by Gasteiger charge is -2.35. The summed E-state index contributed by atoms with van der Waals surface area (Å²) < 4.78 is 0. The first-order chi connectivity index (χ1) is 9.52. The van der Waals surface area contributed by atoms with E-state index in [1.54, 1.807) is 6.07 Å². The fourth-order valence-corrected chi connectivity index (χ4v) is 2.87. The number of benzene rings is 1. The number of amidine groups is 1. The third-order valence-electron chi connectivity index (χ3n) is 3.92. The molecule has 1 aromatic rings. The Bertz CT molecular complexity index is 497. The maximum Gasteiger partial charge on any atom is 0.171 e. The number of rotatable bonds is 3. The molecule has 20 heavy (non-hydrogen) atoms. The molecule has 0 aromatic heterocycles. The molecular weight excluding hydrogens is 278 g/mol. The van der Waals surface area contributed by atoms with Gasteiger partial charge in [-0.15, -0.1) is 0 Å². The van der Waals surface area contributed by atoms with Gasteiger partial charge in [-0.3, -0.25) is 0 Å². The van der Waals surface area contributed by atoms with Crippen molar-refractivity contribution in [2.75, 3.05) is 18.0 Å². The minimum atomic E-state index is -0.247. The molecule has 0 saturated carbocycles. The Kier molecular flexibility index (Phi) is 4.73. The monoisotopic (exact) mass is 297 g/mol. The zero-order valence-electron chi connectivity index (χ0n) is 11.5. The average molecular weight is 298 g/mol. The second-order valence-electron chi connectivity index (χ2n) is 5.21. The van der Waals surface area contributed by atoms with E-state index in [1.165, 1.54) is 0 Å². The fraction of sp³-hybridized carbons (Fsp3) is 0.500. The highest BCUT2D eigenvalue weighted by molar-refractivity contribution is 6.34. The molecule has 0 aliphatic carbocycles. The minimum absolute atomic E-state index is 0.00867. The highest BCUT2D eigenvalue weighted by Gasteiger charge is 2.23. The quantitative estimate of drug-likeness (QED) is 0.345.